The Morgan fingerprint density at radius 2 is 2.14 bits per heavy atom. The second-order valence-electron chi connectivity index (χ2n) is 4.75. The molecule has 0 radical (unpaired) electrons. The van der Waals surface area contributed by atoms with Crippen LogP contribution in [0.15, 0.2) is 18.2 Å². The highest BCUT2D eigenvalue weighted by molar-refractivity contribution is 6.01. The molecule has 0 unspecified atom stereocenters. The first-order valence-corrected chi connectivity index (χ1v) is 6.91. The lowest BCUT2D eigenvalue weighted by Crippen LogP contribution is -2.07. The molecule has 2 aromatic rings. The van der Waals surface area contributed by atoms with Gasteiger partial charge in [0.1, 0.15) is 11.3 Å². The van der Waals surface area contributed by atoms with Crippen LogP contribution in [0.2, 0.25) is 0 Å². The number of carboxylic acids is 1. The number of benzene rings is 1. The molecule has 1 aromatic heterocycles. The highest BCUT2D eigenvalue weighted by atomic mass is 16.5. The highest BCUT2D eigenvalue weighted by Crippen LogP contribution is 2.20. The van der Waals surface area contributed by atoms with Crippen LogP contribution in [0.4, 0.5) is 0 Å². The SMILES string of the molecule is COCCOCCCn1c(C)nc2c(C(=O)O)cccc21. The Labute approximate surface area is 123 Å². The summed E-state index contributed by atoms with van der Waals surface area (Å²) in [5.41, 5.74) is 1.64. The maximum Gasteiger partial charge on any atom is 0.337 e. The number of aromatic carboxylic acids is 1. The average Bonchev–Trinajstić information content (AvgIpc) is 2.78. The van der Waals surface area contributed by atoms with Crippen molar-refractivity contribution in [2.24, 2.45) is 0 Å². The molecule has 1 N–H and O–H groups in total. The molecular weight excluding hydrogens is 272 g/mol. The molecule has 0 aliphatic heterocycles. The number of fused-ring (bicyclic) bond motifs is 1. The lowest BCUT2D eigenvalue weighted by Gasteiger charge is -2.07. The highest BCUT2D eigenvalue weighted by Gasteiger charge is 2.14. The van der Waals surface area contributed by atoms with Crippen molar-refractivity contribution in [2.75, 3.05) is 26.9 Å². The molecule has 21 heavy (non-hydrogen) atoms. The van der Waals surface area contributed by atoms with Crippen LogP contribution in [0.5, 0.6) is 0 Å². The fourth-order valence-electron chi connectivity index (χ4n) is 2.29. The number of nitrogens with zero attached hydrogens (tertiary/aromatic N) is 2. The molecule has 0 amide bonds. The molecule has 0 fully saturated rings. The Hall–Kier alpha value is -1.92. The maximum atomic E-state index is 11.2. The van der Waals surface area contributed by atoms with Gasteiger partial charge < -0.3 is 19.1 Å². The molecule has 0 saturated carbocycles. The molecule has 2 rings (SSSR count). The van der Waals surface area contributed by atoms with Crippen molar-refractivity contribution in [1.82, 2.24) is 9.55 Å². The van der Waals surface area contributed by atoms with E-state index in [1.807, 2.05) is 17.6 Å². The zero-order chi connectivity index (χ0) is 15.2. The number of aryl methyl sites for hydroxylation is 2. The summed E-state index contributed by atoms with van der Waals surface area (Å²) in [5.74, 6) is -0.135. The minimum absolute atomic E-state index is 0.241. The molecule has 1 aromatic carbocycles. The van der Waals surface area contributed by atoms with Gasteiger partial charge in [0.25, 0.3) is 0 Å². The van der Waals surface area contributed by atoms with Crippen LogP contribution >= 0.6 is 0 Å². The molecule has 114 valence electrons. The first-order chi connectivity index (χ1) is 10.1. The molecule has 6 heteroatoms. The number of rotatable bonds is 8. The van der Waals surface area contributed by atoms with Gasteiger partial charge in [-0.15, -0.1) is 0 Å². The Bertz CT molecular complexity index is 621. The van der Waals surface area contributed by atoms with Crippen molar-refractivity contribution in [2.45, 2.75) is 19.9 Å². The van der Waals surface area contributed by atoms with Crippen molar-refractivity contribution in [3.63, 3.8) is 0 Å². The van der Waals surface area contributed by atoms with Gasteiger partial charge in [0.15, 0.2) is 0 Å². The van der Waals surface area contributed by atoms with Crippen molar-refractivity contribution < 1.29 is 19.4 Å². The fourth-order valence-corrected chi connectivity index (χ4v) is 2.29. The van der Waals surface area contributed by atoms with Gasteiger partial charge in [-0.05, 0) is 25.5 Å². The van der Waals surface area contributed by atoms with Crippen LogP contribution in [0, 0.1) is 6.92 Å². The Kier molecular flexibility index (Phi) is 5.30. The number of para-hydroxylation sites is 1. The summed E-state index contributed by atoms with van der Waals surface area (Å²) in [6.45, 7) is 4.45. The smallest absolute Gasteiger partial charge is 0.337 e. The molecule has 0 aliphatic rings. The van der Waals surface area contributed by atoms with Crippen LogP contribution in [0.1, 0.15) is 22.6 Å². The molecule has 0 bridgehead atoms. The van der Waals surface area contributed by atoms with E-state index in [0.29, 0.717) is 25.3 Å². The van der Waals surface area contributed by atoms with Gasteiger partial charge >= 0.3 is 5.97 Å². The number of carboxylic acid groups (broad SMARTS) is 1. The normalized spacial score (nSPS) is 11.1. The van der Waals surface area contributed by atoms with E-state index in [-0.39, 0.29) is 5.56 Å². The van der Waals surface area contributed by atoms with E-state index < -0.39 is 5.97 Å². The molecule has 1 heterocycles. The molecule has 0 aliphatic carbocycles. The fraction of sp³-hybridized carbons (Fsp3) is 0.467. The van der Waals surface area contributed by atoms with Gasteiger partial charge in [0.05, 0.1) is 24.3 Å². The van der Waals surface area contributed by atoms with Crippen molar-refractivity contribution >= 4 is 17.0 Å². The molecule has 6 nitrogen and oxygen atoms in total. The monoisotopic (exact) mass is 292 g/mol. The topological polar surface area (TPSA) is 73.6 Å². The first-order valence-electron chi connectivity index (χ1n) is 6.91. The summed E-state index contributed by atoms with van der Waals surface area (Å²) in [6.07, 6.45) is 0.841. The largest absolute Gasteiger partial charge is 0.478 e. The molecule has 0 spiro atoms. The Morgan fingerprint density at radius 1 is 1.33 bits per heavy atom. The molecule has 0 atom stereocenters. The lowest BCUT2D eigenvalue weighted by molar-refractivity contribution is 0.0680. The van der Waals surface area contributed by atoms with Gasteiger partial charge in [-0.3, -0.25) is 0 Å². The van der Waals surface area contributed by atoms with Crippen LogP contribution in [-0.4, -0.2) is 47.6 Å². The van der Waals surface area contributed by atoms with Gasteiger partial charge in [-0.25, -0.2) is 9.78 Å². The number of aromatic nitrogens is 2. The number of methoxy groups -OCH3 is 1. The minimum atomic E-state index is -0.951. The second-order valence-corrected chi connectivity index (χ2v) is 4.75. The van der Waals surface area contributed by atoms with E-state index in [1.54, 1.807) is 19.2 Å². The second kappa shape index (κ2) is 7.19. The third-order valence-corrected chi connectivity index (χ3v) is 3.30. The zero-order valence-corrected chi connectivity index (χ0v) is 12.3. The summed E-state index contributed by atoms with van der Waals surface area (Å²) < 4.78 is 12.4. The number of hydrogen-bond donors (Lipinski definition) is 1. The third kappa shape index (κ3) is 3.59. The number of carbonyl (C=O) groups is 1. The van der Waals surface area contributed by atoms with Crippen LogP contribution in [-0.2, 0) is 16.0 Å². The molecule has 0 saturated heterocycles. The lowest BCUT2D eigenvalue weighted by atomic mass is 10.2. The minimum Gasteiger partial charge on any atom is -0.478 e. The van der Waals surface area contributed by atoms with E-state index >= 15 is 0 Å². The van der Waals surface area contributed by atoms with Gasteiger partial charge in [0, 0.05) is 20.3 Å². The van der Waals surface area contributed by atoms with E-state index in [4.69, 9.17) is 9.47 Å². The molecular formula is C15H20N2O4. The van der Waals surface area contributed by atoms with Crippen LogP contribution < -0.4 is 0 Å². The van der Waals surface area contributed by atoms with Gasteiger partial charge in [-0.1, -0.05) is 6.07 Å². The number of hydrogen-bond acceptors (Lipinski definition) is 4. The quantitative estimate of drug-likeness (QED) is 0.754. The Morgan fingerprint density at radius 3 is 2.86 bits per heavy atom. The Balaban J connectivity index is 2.08. The third-order valence-electron chi connectivity index (χ3n) is 3.30. The van der Waals surface area contributed by atoms with E-state index in [0.717, 1.165) is 24.3 Å². The zero-order valence-electron chi connectivity index (χ0n) is 12.3. The van der Waals surface area contributed by atoms with E-state index in [1.165, 1.54) is 0 Å². The first kappa shape index (κ1) is 15.5. The van der Waals surface area contributed by atoms with Gasteiger partial charge in [0.2, 0.25) is 0 Å². The summed E-state index contributed by atoms with van der Waals surface area (Å²) in [6, 6.07) is 5.22. The van der Waals surface area contributed by atoms with Crippen molar-refractivity contribution in [3.8, 4) is 0 Å². The summed E-state index contributed by atoms with van der Waals surface area (Å²) >= 11 is 0. The van der Waals surface area contributed by atoms with Crippen LogP contribution in [0.3, 0.4) is 0 Å². The van der Waals surface area contributed by atoms with Crippen molar-refractivity contribution in [1.29, 1.82) is 0 Å². The predicted molar refractivity (Wildman–Crippen MR) is 78.7 cm³/mol. The summed E-state index contributed by atoms with van der Waals surface area (Å²) in [4.78, 5) is 15.6. The van der Waals surface area contributed by atoms with Gasteiger partial charge in [-0.2, -0.15) is 0 Å². The van der Waals surface area contributed by atoms with Crippen LogP contribution in [0.25, 0.3) is 11.0 Å². The number of ether oxygens (including phenoxy) is 2. The predicted octanol–water partition coefficient (Wildman–Crippen LogP) is 2.10. The summed E-state index contributed by atoms with van der Waals surface area (Å²) in [7, 11) is 1.64. The summed E-state index contributed by atoms with van der Waals surface area (Å²) in [5, 5.41) is 9.20. The number of imidazole rings is 1. The standard InChI is InChI=1S/C15H20N2O4/c1-11-16-14-12(15(18)19)5-3-6-13(14)17(11)7-4-8-21-10-9-20-2/h3,5-6H,4,7-10H2,1-2H3,(H,18,19). The maximum absolute atomic E-state index is 11.2. The van der Waals surface area contributed by atoms with Crippen molar-refractivity contribution in [3.05, 3.63) is 29.6 Å². The van der Waals surface area contributed by atoms with E-state index in [9.17, 15) is 9.90 Å². The average molecular weight is 292 g/mol. The van der Waals surface area contributed by atoms with E-state index in [2.05, 4.69) is 4.98 Å².